The lowest BCUT2D eigenvalue weighted by Crippen LogP contribution is -2.39. The molecule has 206 valence electrons. The number of hydrogen-bond donors (Lipinski definition) is 1. The van der Waals surface area contributed by atoms with E-state index in [2.05, 4.69) is 32.8 Å². The summed E-state index contributed by atoms with van der Waals surface area (Å²) in [6, 6.07) is 26.1. The van der Waals surface area contributed by atoms with E-state index >= 15 is 0 Å². The van der Waals surface area contributed by atoms with Crippen molar-refractivity contribution in [2.75, 3.05) is 0 Å². The number of aromatic nitrogens is 8. The highest BCUT2D eigenvalue weighted by Gasteiger charge is 2.22. The van der Waals surface area contributed by atoms with Gasteiger partial charge in [0.05, 0.1) is 0 Å². The fraction of sp³-hybridized carbons (Fsp3) is 0.226. The molecule has 0 atom stereocenters. The molecule has 1 N–H and O–H groups in total. The van der Waals surface area contributed by atoms with Crippen molar-refractivity contribution in [2.24, 2.45) is 7.05 Å². The number of tetrazole rings is 1. The molecule has 6 aromatic rings. The van der Waals surface area contributed by atoms with E-state index < -0.39 is 0 Å². The molecule has 0 radical (unpaired) electrons. The molecular formula is C31H30N8O2. The van der Waals surface area contributed by atoms with E-state index in [0.29, 0.717) is 36.5 Å². The monoisotopic (exact) mass is 546 g/mol. The van der Waals surface area contributed by atoms with Crippen LogP contribution in [0, 0.1) is 0 Å². The third-order valence-electron chi connectivity index (χ3n) is 7.36. The van der Waals surface area contributed by atoms with Crippen LogP contribution in [0.2, 0.25) is 0 Å². The summed E-state index contributed by atoms with van der Waals surface area (Å²) >= 11 is 0. The molecule has 0 spiro atoms. The fourth-order valence-corrected chi connectivity index (χ4v) is 5.24. The second kappa shape index (κ2) is 10.8. The van der Waals surface area contributed by atoms with Gasteiger partial charge in [0.25, 0.3) is 5.56 Å². The Hall–Kier alpha value is -5.12. The molecule has 3 heterocycles. The second-order valence-corrected chi connectivity index (χ2v) is 10.4. The van der Waals surface area contributed by atoms with E-state index in [1.165, 1.54) is 11.6 Å². The summed E-state index contributed by atoms with van der Waals surface area (Å²) in [6.45, 7) is 4.97. The van der Waals surface area contributed by atoms with E-state index in [1.807, 2.05) is 85.1 Å². The molecule has 10 nitrogen and oxygen atoms in total. The summed E-state index contributed by atoms with van der Waals surface area (Å²) in [5.74, 6) is 1.35. The normalized spacial score (nSPS) is 11.5. The quantitative estimate of drug-likeness (QED) is 0.307. The van der Waals surface area contributed by atoms with Crippen LogP contribution in [0.15, 0.2) is 88.5 Å². The summed E-state index contributed by atoms with van der Waals surface area (Å²) in [4.78, 5) is 31.6. The van der Waals surface area contributed by atoms with Crippen LogP contribution in [0.5, 0.6) is 0 Å². The largest absolute Gasteiger partial charge is 0.332 e. The summed E-state index contributed by atoms with van der Waals surface area (Å²) in [5.41, 5.74) is 5.19. The van der Waals surface area contributed by atoms with Crippen LogP contribution in [0.25, 0.3) is 33.7 Å². The molecular weight excluding hydrogens is 516 g/mol. The first kappa shape index (κ1) is 26.1. The first-order valence-electron chi connectivity index (χ1n) is 13.6. The number of benzene rings is 3. The van der Waals surface area contributed by atoms with Crippen molar-refractivity contribution in [3.05, 3.63) is 117 Å². The maximum Gasteiger partial charge on any atom is 0.332 e. The first-order chi connectivity index (χ1) is 19.9. The molecule has 10 heteroatoms. The van der Waals surface area contributed by atoms with Gasteiger partial charge < -0.3 is 4.57 Å². The van der Waals surface area contributed by atoms with Gasteiger partial charge in [-0.3, -0.25) is 13.9 Å². The topological polar surface area (TPSA) is 116 Å². The molecule has 0 amide bonds. The molecule has 0 fully saturated rings. The number of nitrogens with one attached hydrogen (secondary N) is 1. The molecule has 0 saturated carbocycles. The van der Waals surface area contributed by atoms with Gasteiger partial charge in [-0.25, -0.2) is 9.78 Å². The lowest BCUT2D eigenvalue weighted by molar-refractivity contribution is 0.619. The van der Waals surface area contributed by atoms with E-state index in [4.69, 9.17) is 4.98 Å². The molecule has 3 aromatic heterocycles. The van der Waals surface area contributed by atoms with Crippen LogP contribution in [-0.2, 0) is 26.6 Å². The SMILES string of the molecule is CC(C)c1nc2c(c(=O)n(C)c(=O)n2CCc2ccccc2)n1Cc1ccc(-c2ccccc2-c2nn[nH]n2)cc1. The standard InChI is InChI=1S/C31H30N8O2/c1-20(2)28-32-29-26(30(40)37(3)31(41)38(29)18-17-21-9-5-4-6-10-21)39(28)19-22-13-15-23(16-14-22)24-11-7-8-12-25(24)27-33-35-36-34-27/h4-16,20H,17-19H2,1-3H3,(H,33,34,35,36). The Morgan fingerprint density at radius 1 is 0.829 bits per heavy atom. The molecule has 0 bridgehead atoms. The Morgan fingerprint density at radius 2 is 1.54 bits per heavy atom. The molecule has 0 unspecified atom stereocenters. The number of aryl methyl sites for hydroxylation is 2. The average molecular weight is 547 g/mol. The number of aromatic amines is 1. The lowest BCUT2D eigenvalue weighted by Gasteiger charge is -2.13. The van der Waals surface area contributed by atoms with Crippen molar-refractivity contribution in [3.63, 3.8) is 0 Å². The summed E-state index contributed by atoms with van der Waals surface area (Å²) in [5, 5.41) is 14.5. The van der Waals surface area contributed by atoms with Crippen molar-refractivity contribution >= 4 is 11.2 Å². The maximum absolute atomic E-state index is 13.5. The van der Waals surface area contributed by atoms with Gasteiger partial charge in [0.15, 0.2) is 11.2 Å². The highest BCUT2D eigenvalue weighted by atomic mass is 16.2. The van der Waals surface area contributed by atoms with Crippen molar-refractivity contribution in [2.45, 2.75) is 39.3 Å². The van der Waals surface area contributed by atoms with Crippen molar-refractivity contribution in [1.29, 1.82) is 0 Å². The Bertz CT molecular complexity index is 1930. The number of fused-ring (bicyclic) bond motifs is 1. The van der Waals surface area contributed by atoms with Gasteiger partial charge in [0, 0.05) is 31.6 Å². The number of rotatable bonds is 8. The predicted octanol–water partition coefficient (Wildman–Crippen LogP) is 4.16. The third-order valence-corrected chi connectivity index (χ3v) is 7.36. The van der Waals surface area contributed by atoms with Gasteiger partial charge in [-0.2, -0.15) is 5.21 Å². The molecule has 0 aliphatic heterocycles. The van der Waals surface area contributed by atoms with Gasteiger partial charge in [0.2, 0.25) is 5.82 Å². The Labute approximate surface area is 235 Å². The van der Waals surface area contributed by atoms with Crippen LogP contribution < -0.4 is 11.2 Å². The zero-order valence-corrected chi connectivity index (χ0v) is 23.2. The third kappa shape index (κ3) is 4.88. The molecule has 0 aliphatic rings. The van der Waals surface area contributed by atoms with Crippen molar-refractivity contribution in [3.8, 4) is 22.5 Å². The lowest BCUT2D eigenvalue weighted by atomic mass is 9.98. The van der Waals surface area contributed by atoms with Gasteiger partial charge in [-0.1, -0.05) is 92.7 Å². The molecule has 6 rings (SSSR count). The van der Waals surface area contributed by atoms with Gasteiger partial charge in [-0.15, -0.1) is 10.2 Å². The van der Waals surface area contributed by atoms with Gasteiger partial charge in [-0.05, 0) is 33.9 Å². The maximum atomic E-state index is 13.5. The Morgan fingerprint density at radius 3 is 2.22 bits per heavy atom. The van der Waals surface area contributed by atoms with E-state index in [0.717, 1.165) is 33.6 Å². The molecule has 41 heavy (non-hydrogen) atoms. The van der Waals surface area contributed by atoms with Gasteiger partial charge in [0.1, 0.15) is 5.82 Å². The summed E-state index contributed by atoms with van der Waals surface area (Å²) in [7, 11) is 1.53. The molecule has 0 aliphatic carbocycles. The van der Waals surface area contributed by atoms with E-state index in [-0.39, 0.29) is 17.2 Å². The van der Waals surface area contributed by atoms with Crippen molar-refractivity contribution in [1.82, 2.24) is 39.3 Å². The number of nitrogens with zero attached hydrogens (tertiary/aromatic N) is 7. The second-order valence-electron chi connectivity index (χ2n) is 10.4. The Kier molecular flexibility index (Phi) is 6.88. The first-order valence-corrected chi connectivity index (χ1v) is 13.6. The van der Waals surface area contributed by atoms with Crippen LogP contribution >= 0.6 is 0 Å². The zero-order chi connectivity index (χ0) is 28.5. The van der Waals surface area contributed by atoms with E-state index in [1.54, 1.807) is 4.57 Å². The minimum Gasteiger partial charge on any atom is -0.317 e. The minimum absolute atomic E-state index is 0.0471. The number of hydrogen-bond acceptors (Lipinski definition) is 6. The van der Waals surface area contributed by atoms with Crippen LogP contribution in [-0.4, -0.2) is 39.3 Å². The fourth-order valence-electron chi connectivity index (χ4n) is 5.24. The minimum atomic E-state index is -0.358. The van der Waals surface area contributed by atoms with Crippen LogP contribution in [0.4, 0.5) is 0 Å². The zero-order valence-electron chi connectivity index (χ0n) is 23.2. The molecule has 3 aromatic carbocycles. The van der Waals surface area contributed by atoms with Crippen LogP contribution in [0.3, 0.4) is 0 Å². The number of imidazole rings is 1. The van der Waals surface area contributed by atoms with Crippen molar-refractivity contribution < 1.29 is 0 Å². The van der Waals surface area contributed by atoms with Gasteiger partial charge >= 0.3 is 5.69 Å². The highest BCUT2D eigenvalue weighted by Crippen LogP contribution is 2.30. The average Bonchev–Trinajstić information content (AvgIpc) is 3.66. The molecule has 0 saturated heterocycles. The highest BCUT2D eigenvalue weighted by molar-refractivity contribution is 5.80. The summed E-state index contributed by atoms with van der Waals surface area (Å²) < 4.78 is 4.78. The Balaban J connectivity index is 1.39. The van der Waals surface area contributed by atoms with E-state index in [9.17, 15) is 9.59 Å². The summed E-state index contributed by atoms with van der Waals surface area (Å²) in [6.07, 6.45) is 0.657. The number of H-pyrrole nitrogens is 1. The van der Waals surface area contributed by atoms with Crippen LogP contribution in [0.1, 0.15) is 36.7 Å². The smallest absolute Gasteiger partial charge is 0.317 e. The predicted molar refractivity (Wildman–Crippen MR) is 158 cm³/mol.